The highest BCUT2D eigenvalue weighted by atomic mass is 16.5. The molecular weight excluding hydrogens is 330 g/mol. The molecule has 0 spiro atoms. The molecule has 26 heavy (non-hydrogen) atoms. The molecule has 140 valence electrons. The third-order valence-corrected chi connectivity index (χ3v) is 4.07. The van der Waals surface area contributed by atoms with Gasteiger partial charge in [0.25, 0.3) is 5.91 Å². The lowest BCUT2D eigenvalue weighted by atomic mass is 9.87. The number of methoxy groups -OCH3 is 2. The quantitative estimate of drug-likeness (QED) is 0.832. The molecule has 0 aliphatic rings. The molecule has 1 atom stereocenters. The lowest BCUT2D eigenvalue weighted by Gasteiger charge is -2.20. The van der Waals surface area contributed by atoms with Gasteiger partial charge in [-0.25, -0.2) is 0 Å². The summed E-state index contributed by atoms with van der Waals surface area (Å²) in [6.45, 7) is 8.17. The highest BCUT2D eigenvalue weighted by Crippen LogP contribution is 2.29. The summed E-state index contributed by atoms with van der Waals surface area (Å²) in [6, 6.07) is 13.0. The second kappa shape index (κ2) is 8.13. The molecule has 0 saturated heterocycles. The van der Waals surface area contributed by atoms with Crippen LogP contribution in [-0.4, -0.2) is 26.2 Å². The van der Waals surface area contributed by atoms with Crippen molar-refractivity contribution < 1.29 is 19.0 Å². The summed E-state index contributed by atoms with van der Waals surface area (Å²) < 4.78 is 16.2. The number of nitrogens with one attached hydrogen (secondary N) is 1. The summed E-state index contributed by atoms with van der Waals surface area (Å²) in [7, 11) is 3.12. The van der Waals surface area contributed by atoms with Crippen molar-refractivity contribution in [2.45, 2.75) is 39.2 Å². The van der Waals surface area contributed by atoms with Crippen LogP contribution in [0.25, 0.3) is 0 Å². The van der Waals surface area contributed by atoms with Crippen LogP contribution in [-0.2, 0) is 10.2 Å². The van der Waals surface area contributed by atoms with Gasteiger partial charge >= 0.3 is 0 Å². The monoisotopic (exact) mass is 357 g/mol. The van der Waals surface area contributed by atoms with Crippen molar-refractivity contribution in [2.75, 3.05) is 19.5 Å². The summed E-state index contributed by atoms with van der Waals surface area (Å²) in [6.07, 6.45) is -0.651. The molecule has 0 saturated carbocycles. The van der Waals surface area contributed by atoms with E-state index in [-0.39, 0.29) is 11.3 Å². The number of carbonyl (C=O) groups excluding carboxylic acids is 1. The Morgan fingerprint density at radius 1 is 0.962 bits per heavy atom. The Kier molecular flexibility index (Phi) is 6.14. The molecule has 0 aliphatic carbocycles. The highest BCUT2D eigenvalue weighted by molar-refractivity contribution is 5.95. The van der Waals surface area contributed by atoms with Gasteiger partial charge in [-0.1, -0.05) is 32.9 Å². The van der Waals surface area contributed by atoms with Crippen molar-refractivity contribution in [2.24, 2.45) is 0 Å². The second-order valence-electron chi connectivity index (χ2n) is 7.09. The van der Waals surface area contributed by atoms with Gasteiger partial charge in [0.15, 0.2) is 6.10 Å². The maximum Gasteiger partial charge on any atom is 0.265 e. The minimum Gasteiger partial charge on any atom is -0.497 e. The van der Waals surface area contributed by atoms with Crippen LogP contribution in [0.3, 0.4) is 0 Å². The maximum atomic E-state index is 12.4. The van der Waals surface area contributed by atoms with Crippen LogP contribution in [0.2, 0.25) is 0 Å². The Bertz CT molecular complexity index is 748. The molecular formula is C21H27NO4. The largest absolute Gasteiger partial charge is 0.497 e. The summed E-state index contributed by atoms with van der Waals surface area (Å²) in [4.78, 5) is 12.4. The standard InChI is InChI=1S/C21H27NO4/c1-14(26-16-9-7-15(8-10-16)21(2,3)4)20(23)22-18-12-11-17(24-5)13-19(18)25-6/h7-14H,1-6H3,(H,22,23)/t14-/m0/s1. The average molecular weight is 357 g/mol. The fourth-order valence-electron chi connectivity index (χ4n) is 2.43. The maximum absolute atomic E-state index is 12.4. The van der Waals surface area contributed by atoms with E-state index in [0.29, 0.717) is 22.9 Å². The number of hydrogen-bond donors (Lipinski definition) is 1. The van der Waals surface area contributed by atoms with E-state index in [0.717, 1.165) is 0 Å². The molecule has 0 fully saturated rings. The molecule has 2 aromatic rings. The van der Waals surface area contributed by atoms with Gasteiger partial charge in [0.2, 0.25) is 0 Å². The summed E-state index contributed by atoms with van der Waals surface area (Å²) in [5.74, 6) is 1.58. The Labute approximate surface area is 155 Å². The number of anilines is 1. The van der Waals surface area contributed by atoms with Gasteiger partial charge in [0, 0.05) is 6.07 Å². The molecule has 0 aliphatic heterocycles. The molecule has 0 unspecified atom stereocenters. The topological polar surface area (TPSA) is 56.8 Å². The Balaban J connectivity index is 2.04. The number of rotatable bonds is 6. The van der Waals surface area contributed by atoms with Crippen molar-refractivity contribution >= 4 is 11.6 Å². The number of ether oxygens (including phenoxy) is 3. The molecule has 0 heterocycles. The third-order valence-electron chi connectivity index (χ3n) is 4.07. The molecule has 5 heteroatoms. The first kappa shape index (κ1) is 19.6. The van der Waals surface area contributed by atoms with Crippen LogP contribution in [0.4, 0.5) is 5.69 Å². The zero-order valence-corrected chi connectivity index (χ0v) is 16.3. The van der Waals surface area contributed by atoms with Crippen LogP contribution in [0, 0.1) is 0 Å². The predicted molar refractivity (Wildman–Crippen MR) is 103 cm³/mol. The van der Waals surface area contributed by atoms with Crippen LogP contribution in [0.5, 0.6) is 17.2 Å². The van der Waals surface area contributed by atoms with E-state index in [2.05, 4.69) is 26.1 Å². The van der Waals surface area contributed by atoms with E-state index >= 15 is 0 Å². The minimum atomic E-state index is -0.651. The molecule has 1 amide bonds. The summed E-state index contributed by atoms with van der Waals surface area (Å²) in [5, 5.41) is 2.82. The van der Waals surface area contributed by atoms with E-state index in [9.17, 15) is 4.79 Å². The first-order valence-corrected chi connectivity index (χ1v) is 8.54. The van der Waals surface area contributed by atoms with E-state index < -0.39 is 6.10 Å². The Morgan fingerprint density at radius 2 is 1.58 bits per heavy atom. The highest BCUT2D eigenvalue weighted by Gasteiger charge is 2.18. The predicted octanol–water partition coefficient (Wildman–Crippen LogP) is 4.41. The molecule has 2 aromatic carbocycles. The van der Waals surface area contributed by atoms with Crippen molar-refractivity contribution in [3.05, 3.63) is 48.0 Å². The zero-order chi connectivity index (χ0) is 19.3. The van der Waals surface area contributed by atoms with Gasteiger partial charge in [0.1, 0.15) is 17.2 Å². The van der Waals surface area contributed by atoms with Gasteiger partial charge in [-0.05, 0) is 42.2 Å². The smallest absolute Gasteiger partial charge is 0.265 e. The van der Waals surface area contributed by atoms with Gasteiger partial charge in [-0.2, -0.15) is 0 Å². The number of amides is 1. The van der Waals surface area contributed by atoms with Crippen molar-refractivity contribution in [3.63, 3.8) is 0 Å². The average Bonchev–Trinajstić information content (AvgIpc) is 2.61. The van der Waals surface area contributed by atoms with Crippen molar-refractivity contribution in [1.29, 1.82) is 0 Å². The van der Waals surface area contributed by atoms with Crippen LogP contribution in [0.1, 0.15) is 33.3 Å². The molecule has 0 radical (unpaired) electrons. The summed E-state index contributed by atoms with van der Waals surface area (Å²) in [5.41, 5.74) is 1.86. The molecule has 0 bridgehead atoms. The van der Waals surface area contributed by atoms with Crippen LogP contribution in [0.15, 0.2) is 42.5 Å². The lowest BCUT2D eigenvalue weighted by molar-refractivity contribution is -0.122. The first-order valence-electron chi connectivity index (χ1n) is 8.54. The molecule has 2 rings (SSSR count). The number of carbonyl (C=O) groups is 1. The van der Waals surface area contributed by atoms with Gasteiger partial charge in [-0.15, -0.1) is 0 Å². The zero-order valence-electron chi connectivity index (χ0n) is 16.3. The van der Waals surface area contributed by atoms with Gasteiger partial charge in [0.05, 0.1) is 19.9 Å². The third kappa shape index (κ3) is 4.91. The fraction of sp³-hybridized carbons (Fsp3) is 0.381. The van der Waals surface area contributed by atoms with Crippen LogP contribution < -0.4 is 19.5 Å². The van der Waals surface area contributed by atoms with E-state index in [1.54, 1.807) is 39.3 Å². The normalized spacial score (nSPS) is 12.2. The van der Waals surface area contributed by atoms with E-state index in [1.807, 2.05) is 24.3 Å². The van der Waals surface area contributed by atoms with Crippen molar-refractivity contribution in [3.8, 4) is 17.2 Å². The van der Waals surface area contributed by atoms with E-state index in [4.69, 9.17) is 14.2 Å². The number of hydrogen-bond acceptors (Lipinski definition) is 4. The summed E-state index contributed by atoms with van der Waals surface area (Å²) >= 11 is 0. The van der Waals surface area contributed by atoms with Crippen LogP contribution >= 0.6 is 0 Å². The Hall–Kier alpha value is -2.69. The first-order chi connectivity index (χ1) is 12.2. The molecule has 5 nitrogen and oxygen atoms in total. The minimum absolute atomic E-state index is 0.0758. The SMILES string of the molecule is COc1ccc(NC(=O)[C@H](C)Oc2ccc(C(C)(C)C)cc2)c(OC)c1. The fourth-order valence-corrected chi connectivity index (χ4v) is 2.43. The van der Waals surface area contributed by atoms with Crippen molar-refractivity contribution in [1.82, 2.24) is 0 Å². The molecule has 0 aromatic heterocycles. The van der Waals surface area contributed by atoms with Gasteiger partial charge < -0.3 is 19.5 Å². The second-order valence-corrected chi connectivity index (χ2v) is 7.09. The van der Waals surface area contributed by atoms with Gasteiger partial charge in [-0.3, -0.25) is 4.79 Å². The Morgan fingerprint density at radius 3 is 2.12 bits per heavy atom. The van der Waals surface area contributed by atoms with E-state index in [1.165, 1.54) is 5.56 Å². The number of benzene rings is 2. The molecule has 1 N–H and O–H groups in total. The lowest BCUT2D eigenvalue weighted by Crippen LogP contribution is -2.30.